The number of aromatic amines is 1. The third kappa shape index (κ3) is 4.08. The molecule has 0 saturated carbocycles. The second-order valence-corrected chi connectivity index (χ2v) is 6.45. The highest BCUT2D eigenvalue weighted by Gasteiger charge is 2.16. The van der Waals surface area contributed by atoms with Gasteiger partial charge in [-0.2, -0.15) is 10.4 Å². The Morgan fingerprint density at radius 2 is 2.04 bits per heavy atom. The van der Waals surface area contributed by atoms with Crippen molar-refractivity contribution in [3.05, 3.63) is 76.9 Å². The van der Waals surface area contributed by atoms with E-state index >= 15 is 0 Å². The van der Waals surface area contributed by atoms with Crippen LogP contribution < -0.4 is 5.32 Å². The zero-order chi connectivity index (χ0) is 17.6. The fourth-order valence-electron chi connectivity index (χ4n) is 2.32. The van der Waals surface area contributed by atoms with E-state index in [1.807, 2.05) is 49.4 Å². The summed E-state index contributed by atoms with van der Waals surface area (Å²) in [6, 6.07) is 19.3. The number of amides is 1. The van der Waals surface area contributed by atoms with E-state index in [0.29, 0.717) is 27.7 Å². The lowest BCUT2D eigenvalue weighted by Crippen LogP contribution is -2.13. The Labute approximate surface area is 150 Å². The molecule has 0 atom stereocenters. The second-order valence-electron chi connectivity index (χ2n) is 5.49. The van der Waals surface area contributed by atoms with Crippen LogP contribution in [0.15, 0.2) is 59.6 Å². The third-order valence-corrected chi connectivity index (χ3v) is 4.63. The molecule has 2 aromatic carbocycles. The van der Waals surface area contributed by atoms with Crippen molar-refractivity contribution < 1.29 is 4.79 Å². The molecule has 25 heavy (non-hydrogen) atoms. The lowest BCUT2D eigenvalue weighted by atomic mass is 10.1. The maximum absolute atomic E-state index is 12.3. The maximum Gasteiger partial charge on any atom is 0.256 e. The Kier molecular flexibility index (Phi) is 5.17. The summed E-state index contributed by atoms with van der Waals surface area (Å²) in [7, 11) is 0. The summed E-state index contributed by atoms with van der Waals surface area (Å²) in [6.45, 7) is 1.92. The van der Waals surface area contributed by atoms with Gasteiger partial charge in [-0.25, -0.2) is 0 Å². The number of H-pyrrole nitrogens is 1. The van der Waals surface area contributed by atoms with Gasteiger partial charge >= 0.3 is 0 Å². The summed E-state index contributed by atoms with van der Waals surface area (Å²) in [4.78, 5) is 12.3. The van der Waals surface area contributed by atoms with Crippen molar-refractivity contribution in [2.24, 2.45) is 0 Å². The molecule has 1 aromatic heterocycles. The van der Waals surface area contributed by atoms with Gasteiger partial charge in [-0.1, -0.05) is 59.8 Å². The van der Waals surface area contributed by atoms with E-state index in [1.165, 1.54) is 11.8 Å². The van der Waals surface area contributed by atoms with Crippen molar-refractivity contribution in [3.63, 3.8) is 0 Å². The SMILES string of the molecule is Cc1cccc(C(=O)Nc2[nH]nc(SCc3ccccc3)c2C#N)c1. The maximum atomic E-state index is 12.3. The highest BCUT2D eigenvalue weighted by Crippen LogP contribution is 2.28. The highest BCUT2D eigenvalue weighted by atomic mass is 32.2. The fraction of sp³-hybridized carbons (Fsp3) is 0.105. The number of nitrogens with one attached hydrogen (secondary N) is 2. The van der Waals surface area contributed by atoms with Crippen molar-refractivity contribution in [1.29, 1.82) is 5.26 Å². The molecule has 3 aromatic rings. The smallest absolute Gasteiger partial charge is 0.256 e. The van der Waals surface area contributed by atoms with Gasteiger partial charge in [-0.3, -0.25) is 9.89 Å². The van der Waals surface area contributed by atoms with E-state index in [0.717, 1.165) is 11.1 Å². The largest absolute Gasteiger partial charge is 0.306 e. The minimum Gasteiger partial charge on any atom is -0.306 e. The molecule has 0 spiro atoms. The van der Waals surface area contributed by atoms with E-state index in [4.69, 9.17) is 0 Å². The van der Waals surface area contributed by atoms with Crippen LogP contribution in [0.1, 0.15) is 27.0 Å². The molecule has 2 N–H and O–H groups in total. The molecule has 0 aliphatic carbocycles. The Morgan fingerprint density at radius 1 is 1.24 bits per heavy atom. The molecule has 0 radical (unpaired) electrons. The van der Waals surface area contributed by atoms with E-state index in [2.05, 4.69) is 21.6 Å². The number of nitrogens with zero attached hydrogens (tertiary/aromatic N) is 2. The first-order chi connectivity index (χ1) is 12.2. The van der Waals surface area contributed by atoms with Gasteiger partial charge < -0.3 is 5.32 Å². The number of carbonyl (C=O) groups is 1. The Morgan fingerprint density at radius 3 is 2.76 bits per heavy atom. The molecule has 5 nitrogen and oxygen atoms in total. The van der Waals surface area contributed by atoms with Crippen molar-refractivity contribution in [1.82, 2.24) is 10.2 Å². The Hall–Kier alpha value is -3.04. The number of hydrogen-bond donors (Lipinski definition) is 2. The first kappa shape index (κ1) is 16.8. The van der Waals surface area contributed by atoms with E-state index < -0.39 is 0 Å². The number of benzene rings is 2. The van der Waals surface area contributed by atoms with Crippen molar-refractivity contribution in [2.45, 2.75) is 17.7 Å². The Bertz CT molecular complexity index is 928. The third-order valence-electron chi connectivity index (χ3n) is 3.58. The van der Waals surface area contributed by atoms with Gasteiger partial charge in [-0.05, 0) is 24.6 Å². The van der Waals surface area contributed by atoms with Crippen LogP contribution in [0.5, 0.6) is 0 Å². The quantitative estimate of drug-likeness (QED) is 0.679. The number of aryl methyl sites for hydroxylation is 1. The molecule has 0 aliphatic rings. The number of thioether (sulfide) groups is 1. The summed E-state index contributed by atoms with van der Waals surface area (Å²) in [5, 5.41) is 19.7. The predicted molar refractivity (Wildman–Crippen MR) is 98.4 cm³/mol. The monoisotopic (exact) mass is 348 g/mol. The number of rotatable bonds is 5. The van der Waals surface area contributed by atoms with Gasteiger partial charge in [0.1, 0.15) is 22.5 Å². The lowest BCUT2D eigenvalue weighted by molar-refractivity contribution is 0.102. The van der Waals surface area contributed by atoms with Crippen LogP contribution in [0, 0.1) is 18.3 Å². The molecule has 0 bridgehead atoms. The summed E-state index contributed by atoms with van der Waals surface area (Å²) < 4.78 is 0. The molecule has 1 amide bonds. The Balaban J connectivity index is 1.74. The van der Waals surface area contributed by atoms with Gasteiger partial charge in [0.2, 0.25) is 0 Å². The topological polar surface area (TPSA) is 81.6 Å². The standard InChI is InChI=1S/C19H16N4OS/c1-13-6-5-9-15(10-13)18(24)21-17-16(11-20)19(23-22-17)25-12-14-7-3-2-4-8-14/h2-10H,12H2,1H3,(H2,21,22,23,24). The van der Waals surface area contributed by atoms with Crippen LogP contribution in [0.2, 0.25) is 0 Å². The van der Waals surface area contributed by atoms with Gasteiger partial charge in [0.15, 0.2) is 0 Å². The van der Waals surface area contributed by atoms with Crippen LogP contribution in [0.3, 0.4) is 0 Å². The average Bonchev–Trinajstić information content (AvgIpc) is 3.02. The normalized spacial score (nSPS) is 10.2. The molecular weight excluding hydrogens is 332 g/mol. The molecule has 1 heterocycles. The van der Waals surface area contributed by atoms with Crippen LogP contribution in [-0.4, -0.2) is 16.1 Å². The molecule has 0 saturated heterocycles. The predicted octanol–water partition coefficient (Wildman–Crippen LogP) is 4.13. The molecule has 6 heteroatoms. The minimum atomic E-state index is -0.275. The van der Waals surface area contributed by atoms with E-state index in [1.54, 1.807) is 12.1 Å². The van der Waals surface area contributed by atoms with Gasteiger partial charge in [0.25, 0.3) is 5.91 Å². The summed E-state index contributed by atoms with van der Waals surface area (Å²) in [5.41, 5.74) is 3.03. The van der Waals surface area contributed by atoms with Gasteiger partial charge in [-0.15, -0.1) is 0 Å². The summed E-state index contributed by atoms with van der Waals surface area (Å²) >= 11 is 1.45. The second kappa shape index (κ2) is 7.69. The molecule has 3 rings (SSSR count). The fourth-order valence-corrected chi connectivity index (χ4v) is 3.22. The molecule has 0 unspecified atom stereocenters. The average molecular weight is 348 g/mol. The summed E-state index contributed by atoms with van der Waals surface area (Å²) in [5.74, 6) is 0.749. The summed E-state index contributed by atoms with van der Waals surface area (Å²) in [6.07, 6.45) is 0. The van der Waals surface area contributed by atoms with Gasteiger partial charge in [0, 0.05) is 11.3 Å². The van der Waals surface area contributed by atoms with Crippen molar-refractivity contribution in [2.75, 3.05) is 5.32 Å². The van der Waals surface area contributed by atoms with E-state index in [9.17, 15) is 10.1 Å². The van der Waals surface area contributed by atoms with Crippen LogP contribution in [0.25, 0.3) is 0 Å². The first-order valence-corrected chi connectivity index (χ1v) is 8.69. The first-order valence-electron chi connectivity index (χ1n) is 7.70. The van der Waals surface area contributed by atoms with Gasteiger partial charge in [0.05, 0.1) is 0 Å². The van der Waals surface area contributed by atoms with Crippen molar-refractivity contribution in [3.8, 4) is 6.07 Å². The highest BCUT2D eigenvalue weighted by molar-refractivity contribution is 7.98. The molecular formula is C19H16N4OS. The number of aromatic nitrogens is 2. The van der Waals surface area contributed by atoms with E-state index in [-0.39, 0.29) is 5.91 Å². The van der Waals surface area contributed by atoms with Crippen LogP contribution >= 0.6 is 11.8 Å². The number of hydrogen-bond acceptors (Lipinski definition) is 4. The van der Waals surface area contributed by atoms with Crippen molar-refractivity contribution >= 4 is 23.5 Å². The number of anilines is 1. The number of nitriles is 1. The van der Waals surface area contributed by atoms with Crippen LogP contribution in [0.4, 0.5) is 5.82 Å². The molecule has 0 aliphatic heterocycles. The zero-order valence-electron chi connectivity index (χ0n) is 13.6. The number of carbonyl (C=O) groups excluding carboxylic acids is 1. The minimum absolute atomic E-state index is 0.275. The zero-order valence-corrected chi connectivity index (χ0v) is 14.4. The molecule has 124 valence electrons. The lowest BCUT2D eigenvalue weighted by Gasteiger charge is -2.04. The van der Waals surface area contributed by atoms with Crippen LogP contribution in [-0.2, 0) is 5.75 Å². The molecule has 0 fully saturated rings.